The summed E-state index contributed by atoms with van der Waals surface area (Å²) < 4.78 is 9.90. The number of imidazole rings is 1. The smallest absolute Gasteiger partial charge is 0.354 e. The van der Waals surface area contributed by atoms with Gasteiger partial charge in [0.2, 0.25) is 0 Å². The quantitative estimate of drug-likeness (QED) is 0.629. The van der Waals surface area contributed by atoms with E-state index in [-0.39, 0.29) is 11.4 Å². The first-order valence-corrected chi connectivity index (χ1v) is 6.15. The summed E-state index contributed by atoms with van der Waals surface area (Å²) in [4.78, 5) is 31.1. The van der Waals surface area contributed by atoms with Crippen LogP contribution in [0.5, 0.6) is 0 Å². The Morgan fingerprint density at radius 3 is 2.60 bits per heavy atom. The van der Waals surface area contributed by atoms with E-state index in [9.17, 15) is 9.59 Å². The molecule has 1 aromatic heterocycles. The molecule has 0 aromatic carbocycles. The van der Waals surface area contributed by atoms with Crippen molar-refractivity contribution in [1.82, 2.24) is 14.9 Å². The largest absolute Gasteiger partial charge is 0.477 e. The van der Waals surface area contributed by atoms with Crippen LogP contribution in [0.15, 0.2) is 6.33 Å². The number of H-pyrrole nitrogens is 1. The Bertz CT molecular complexity index is 446. The van der Waals surface area contributed by atoms with E-state index in [1.165, 1.54) is 18.3 Å². The summed E-state index contributed by atoms with van der Waals surface area (Å²) in [7, 11) is 3.12. The molecular formula is C12H19N3O5. The molecule has 1 rings (SSSR count). The molecule has 0 bridgehead atoms. The van der Waals surface area contributed by atoms with Crippen LogP contribution in [0.25, 0.3) is 0 Å². The predicted molar refractivity (Wildman–Crippen MR) is 69.8 cm³/mol. The van der Waals surface area contributed by atoms with Gasteiger partial charge >= 0.3 is 5.97 Å². The Morgan fingerprint density at radius 1 is 1.30 bits per heavy atom. The van der Waals surface area contributed by atoms with E-state index in [0.717, 1.165) is 0 Å². The minimum atomic E-state index is -1.21. The Kier molecular flexibility index (Phi) is 6.68. The molecular weight excluding hydrogens is 266 g/mol. The van der Waals surface area contributed by atoms with Crippen LogP contribution < -0.4 is 0 Å². The van der Waals surface area contributed by atoms with Crippen molar-refractivity contribution in [1.29, 1.82) is 0 Å². The van der Waals surface area contributed by atoms with Crippen LogP contribution in [-0.4, -0.2) is 72.4 Å². The zero-order valence-electron chi connectivity index (χ0n) is 11.6. The third kappa shape index (κ3) is 4.32. The van der Waals surface area contributed by atoms with E-state index in [1.54, 1.807) is 7.11 Å². The maximum Gasteiger partial charge on any atom is 0.354 e. The molecule has 20 heavy (non-hydrogen) atoms. The molecule has 0 spiro atoms. The number of carbonyl (C=O) groups is 2. The molecule has 1 heterocycles. The topological polar surface area (TPSA) is 105 Å². The lowest BCUT2D eigenvalue weighted by molar-refractivity contribution is 0.0637. The van der Waals surface area contributed by atoms with Crippen molar-refractivity contribution in [3.8, 4) is 0 Å². The van der Waals surface area contributed by atoms with Crippen LogP contribution in [0.3, 0.4) is 0 Å². The molecule has 112 valence electrons. The number of nitrogens with one attached hydrogen (secondary N) is 1. The molecule has 0 fully saturated rings. The Hall–Kier alpha value is -1.93. The second kappa shape index (κ2) is 8.28. The SMILES string of the molecule is COCCCN(CCOC)C(=O)c1nc[nH]c1C(=O)O. The second-order valence-corrected chi connectivity index (χ2v) is 4.06. The lowest BCUT2D eigenvalue weighted by atomic mass is 10.2. The first-order chi connectivity index (χ1) is 9.61. The highest BCUT2D eigenvalue weighted by Gasteiger charge is 2.24. The van der Waals surface area contributed by atoms with Gasteiger partial charge in [0.25, 0.3) is 5.91 Å². The van der Waals surface area contributed by atoms with Gasteiger partial charge in [-0.3, -0.25) is 4.79 Å². The first kappa shape index (κ1) is 16.1. The van der Waals surface area contributed by atoms with Crippen LogP contribution in [0, 0.1) is 0 Å². The molecule has 0 unspecified atom stereocenters. The van der Waals surface area contributed by atoms with Crippen molar-refractivity contribution in [2.45, 2.75) is 6.42 Å². The fraction of sp³-hybridized carbons (Fsp3) is 0.583. The number of carboxylic acids is 1. The van der Waals surface area contributed by atoms with Crippen LogP contribution in [0.2, 0.25) is 0 Å². The first-order valence-electron chi connectivity index (χ1n) is 6.15. The normalized spacial score (nSPS) is 10.5. The number of nitrogens with zero attached hydrogens (tertiary/aromatic N) is 2. The lowest BCUT2D eigenvalue weighted by Gasteiger charge is -2.21. The zero-order valence-corrected chi connectivity index (χ0v) is 11.6. The van der Waals surface area contributed by atoms with Gasteiger partial charge in [-0.2, -0.15) is 0 Å². The van der Waals surface area contributed by atoms with Crippen LogP contribution in [0.4, 0.5) is 0 Å². The van der Waals surface area contributed by atoms with E-state index < -0.39 is 11.9 Å². The molecule has 0 aliphatic rings. The Morgan fingerprint density at radius 2 is 2.00 bits per heavy atom. The van der Waals surface area contributed by atoms with Crippen LogP contribution >= 0.6 is 0 Å². The van der Waals surface area contributed by atoms with Crippen molar-refractivity contribution in [3.05, 3.63) is 17.7 Å². The van der Waals surface area contributed by atoms with Gasteiger partial charge in [0.15, 0.2) is 11.4 Å². The third-order valence-corrected chi connectivity index (χ3v) is 2.68. The number of carboxylic acid groups (broad SMARTS) is 1. The summed E-state index contributed by atoms with van der Waals surface area (Å²) in [5.74, 6) is -1.65. The van der Waals surface area contributed by atoms with E-state index in [0.29, 0.717) is 32.7 Å². The highest BCUT2D eigenvalue weighted by atomic mass is 16.5. The van der Waals surface area contributed by atoms with E-state index in [2.05, 4.69) is 9.97 Å². The number of aromatic nitrogens is 2. The van der Waals surface area contributed by atoms with E-state index in [1.807, 2.05) is 0 Å². The van der Waals surface area contributed by atoms with Crippen LogP contribution in [0.1, 0.15) is 27.4 Å². The molecule has 0 saturated carbocycles. The molecule has 0 radical (unpaired) electrons. The van der Waals surface area contributed by atoms with E-state index in [4.69, 9.17) is 14.6 Å². The van der Waals surface area contributed by atoms with Gasteiger partial charge in [-0.15, -0.1) is 0 Å². The average molecular weight is 285 g/mol. The Labute approximate surface area is 116 Å². The summed E-state index contributed by atoms with van der Waals surface area (Å²) >= 11 is 0. The van der Waals surface area contributed by atoms with Gasteiger partial charge in [0.05, 0.1) is 12.9 Å². The zero-order chi connectivity index (χ0) is 15.0. The summed E-state index contributed by atoms with van der Waals surface area (Å²) in [5, 5.41) is 8.99. The molecule has 1 amide bonds. The Balaban J connectivity index is 2.79. The molecule has 8 nitrogen and oxygen atoms in total. The number of amides is 1. The van der Waals surface area contributed by atoms with E-state index >= 15 is 0 Å². The fourth-order valence-corrected chi connectivity index (χ4v) is 1.69. The standard InChI is InChI=1S/C12H19N3O5/c1-19-6-3-4-15(5-7-20-2)11(16)9-10(12(17)18)14-8-13-9/h8H,3-7H2,1-2H3,(H,13,14)(H,17,18). The molecule has 8 heteroatoms. The number of aromatic carboxylic acids is 1. The highest BCUT2D eigenvalue weighted by molar-refractivity contribution is 6.02. The number of rotatable bonds is 9. The van der Waals surface area contributed by atoms with Crippen LogP contribution in [-0.2, 0) is 9.47 Å². The monoisotopic (exact) mass is 285 g/mol. The average Bonchev–Trinajstić information content (AvgIpc) is 2.91. The number of carbonyl (C=O) groups excluding carboxylic acids is 1. The van der Waals surface area contributed by atoms with Gasteiger partial charge in [-0.25, -0.2) is 9.78 Å². The van der Waals surface area contributed by atoms with Gasteiger partial charge < -0.3 is 24.5 Å². The van der Waals surface area contributed by atoms with Gasteiger partial charge in [-0.1, -0.05) is 0 Å². The summed E-state index contributed by atoms with van der Waals surface area (Å²) in [5.41, 5.74) is -0.296. The molecule has 1 aromatic rings. The number of ether oxygens (including phenoxy) is 2. The van der Waals surface area contributed by atoms with Crippen molar-refractivity contribution in [2.75, 3.05) is 40.5 Å². The molecule has 0 aliphatic carbocycles. The molecule has 0 aliphatic heterocycles. The number of aromatic amines is 1. The van der Waals surface area contributed by atoms with Crippen molar-refractivity contribution < 1.29 is 24.2 Å². The lowest BCUT2D eigenvalue weighted by Crippen LogP contribution is -2.36. The maximum atomic E-state index is 12.3. The summed E-state index contributed by atoms with van der Waals surface area (Å²) in [6.45, 7) is 1.70. The number of hydrogen-bond donors (Lipinski definition) is 2. The van der Waals surface area contributed by atoms with Gasteiger partial charge in [0.1, 0.15) is 0 Å². The van der Waals surface area contributed by atoms with Crippen molar-refractivity contribution >= 4 is 11.9 Å². The number of hydrogen-bond acceptors (Lipinski definition) is 5. The third-order valence-electron chi connectivity index (χ3n) is 2.68. The maximum absolute atomic E-state index is 12.3. The minimum Gasteiger partial charge on any atom is -0.477 e. The highest BCUT2D eigenvalue weighted by Crippen LogP contribution is 2.08. The fourth-order valence-electron chi connectivity index (χ4n) is 1.69. The second-order valence-electron chi connectivity index (χ2n) is 4.06. The molecule has 2 N–H and O–H groups in total. The molecule has 0 saturated heterocycles. The summed E-state index contributed by atoms with van der Waals surface area (Å²) in [6, 6.07) is 0. The predicted octanol–water partition coefficient (Wildman–Crippen LogP) is 0.233. The van der Waals surface area contributed by atoms with Crippen molar-refractivity contribution in [2.24, 2.45) is 0 Å². The van der Waals surface area contributed by atoms with Gasteiger partial charge in [0, 0.05) is 33.9 Å². The van der Waals surface area contributed by atoms with Crippen molar-refractivity contribution in [3.63, 3.8) is 0 Å². The minimum absolute atomic E-state index is 0.0916. The number of methoxy groups -OCH3 is 2. The molecule has 0 atom stereocenters. The van der Waals surface area contributed by atoms with Gasteiger partial charge in [-0.05, 0) is 6.42 Å². The summed E-state index contributed by atoms with van der Waals surface area (Å²) in [6.07, 6.45) is 1.85.